The first-order valence-corrected chi connectivity index (χ1v) is 7.77. The maximum absolute atomic E-state index is 11.4. The van der Waals surface area contributed by atoms with Crippen molar-refractivity contribution in [3.63, 3.8) is 0 Å². The van der Waals surface area contributed by atoms with Crippen molar-refractivity contribution in [3.8, 4) is 11.3 Å². The van der Waals surface area contributed by atoms with Crippen molar-refractivity contribution in [1.82, 2.24) is 14.7 Å². The number of nitrogens with one attached hydrogen (secondary N) is 1. The average molecular weight is 315 g/mol. The Hall–Kier alpha value is -2.18. The standard InChI is InChI=1S/C16H17N3O2S/c1-11-8-19-9-14(18-16(19)22-11)13-5-3-4-12(6-13)7-17-15(20)10-21-2/h3-6,8-9H,7,10H2,1-2H3,(H,17,20). The molecule has 0 aliphatic heterocycles. The van der Waals surface area contributed by atoms with Crippen LogP contribution < -0.4 is 5.32 Å². The van der Waals surface area contributed by atoms with Gasteiger partial charge in [-0.05, 0) is 18.6 Å². The predicted molar refractivity (Wildman–Crippen MR) is 87.0 cm³/mol. The Labute approximate surface area is 132 Å². The van der Waals surface area contributed by atoms with Gasteiger partial charge in [-0.3, -0.25) is 9.20 Å². The molecule has 0 fully saturated rings. The van der Waals surface area contributed by atoms with E-state index >= 15 is 0 Å². The number of hydrogen-bond acceptors (Lipinski definition) is 4. The highest BCUT2D eigenvalue weighted by Gasteiger charge is 2.07. The highest BCUT2D eigenvalue weighted by molar-refractivity contribution is 7.17. The molecule has 0 unspecified atom stereocenters. The fraction of sp³-hybridized carbons (Fsp3) is 0.250. The minimum absolute atomic E-state index is 0.0797. The summed E-state index contributed by atoms with van der Waals surface area (Å²) in [6, 6.07) is 8.04. The first kappa shape index (κ1) is 14.7. The van der Waals surface area contributed by atoms with Crippen LogP contribution in [0.15, 0.2) is 36.7 Å². The molecule has 1 aromatic carbocycles. The molecule has 0 atom stereocenters. The van der Waals surface area contributed by atoms with E-state index in [1.807, 2.05) is 34.9 Å². The molecule has 5 nitrogen and oxygen atoms in total. The van der Waals surface area contributed by atoms with Crippen LogP contribution in [0.25, 0.3) is 16.2 Å². The lowest BCUT2D eigenvalue weighted by molar-refractivity contribution is -0.124. The van der Waals surface area contributed by atoms with Gasteiger partial charge < -0.3 is 10.1 Å². The molecule has 6 heteroatoms. The zero-order chi connectivity index (χ0) is 15.5. The van der Waals surface area contributed by atoms with Crippen LogP contribution in [0.5, 0.6) is 0 Å². The maximum atomic E-state index is 11.4. The largest absolute Gasteiger partial charge is 0.375 e. The summed E-state index contributed by atoms with van der Waals surface area (Å²) in [5.74, 6) is -0.120. The molecule has 3 aromatic rings. The number of aryl methyl sites for hydroxylation is 1. The highest BCUT2D eigenvalue weighted by Crippen LogP contribution is 2.24. The van der Waals surface area contributed by atoms with Crippen LogP contribution >= 0.6 is 11.3 Å². The number of ether oxygens (including phenoxy) is 1. The van der Waals surface area contributed by atoms with Crippen LogP contribution in [-0.4, -0.2) is 29.0 Å². The molecule has 0 saturated heterocycles. The zero-order valence-electron chi connectivity index (χ0n) is 12.5. The number of hydrogen-bond donors (Lipinski definition) is 1. The van der Waals surface area contributed by atoms with E-state index in [1.165, 1.54) is 12.0 Å². The predicted octanol–water partition coefficient (Wildman–Crippen LogP) is 2.63. The Bertz CT molecular complexity index is 775. The van der Waals surface area contributed by atoms with E-state index < -0.39 is 0 Å². The second-order valence-corrected chi connectivity index (χ2v) is 6.28. The molecule has 0 spiro atoms. The molecular weight excluding hydrogens is 298 g/mol. The summed E-state index contributed by atoms with van der Waals surface area (Å²) >= 11 is 1.67. The number of aromatic nitrogens is 2. The van der Waals surface area contributed by atoms with Crippen molar-refractivity contribution in [1.29, 1.82) is 0 Å². The number of amides is 1. The first-order valence-electron chi connectivity index (χ1n) is 6.96. The van der Waals surface area contributed by atoms with Crippen LogP contribution in [0.2, 0.25) is 0 Å². The van der Waals surface area contributed by atoms with Gasteiger partial charge in [0.05, 0.1) is 5.69 Å². The second-order valence-electron chi connectivity index (χ2n) is 5.07. The molecule has 3 rings (SSSR count). The molecule has 0 radical (unpaired) electrons. The lowest BCUT2D eigenvalue weighted by Crippen LogP contribution is -2.26. The van der Waals surface area contributed by atoms with E-state index in [0.717, 1.165) is 21.8 Å². The molecule has 1 N–H and O–H groups in total. The van der Waals surface area contributed by atoms with Crippen molar-refractivity contribution >= 4 is 22.2 Å². The summed E-state index contributed by atoms with van der Waals surface area (Å²) in [7, 11) is 1.51. The summed E-state index contributed by atoms with van der Waals surface area (Å²) in [6.07, 6.45) is 4.10. The summed E-state index contributed by atoms with van der Waals surface area (Å²) in [5.41, 5.74) is 3.03. The van der Waals surface area contributed by atoms with Gasteiger partial charge >= 0.3 is 0 Å². The molecule has 2 aromatic heterocycles. The van der Waals surface area contributed by atoms with Crippen molar-refractivity contribution < 1.29 is 9.53 Å². The first-order chi connectivity index (χ1) is 10.7. The number of fused-ring (bicyclic) bond motifs is 1. The molecule has 1 amide bonds. The Morgan fingerprint density at radius 3 is 3.05 bits per heavy atom. The van der Waals surface area contributed by atoms with Gasteiger partial charge in [-0.15, -0.1) is 11.3 Å². The van der Waals surface area contributed by atoms with E-state index in [4.69, 9.17) is 4.74 Å². The molecular formula is C16H17N3O2S. The third kappa shape index (κ3) is 3.18. The Balaban J connectivity index is 1.78. The van der Waals surface area contributed by atoms with Gasteiger partial charge in [0.1, 0.15) is 6.61 Å². The average Bonchev–Trinajstić information content (AvgIpc) is 3.03. The molecule has 0 aliphatic carbocycles. The van der Waals surface area contributed by atoms with Gasteiger partial charge in [-0.1, -0.05) is 18.2 Å². The smallest absolute Gasteiger partial charge is 0.246 e. The summed E-state index contributed by atoms with van der Waals surface area (Å²) in [4.78, 5) is 18.3. The van der Waals surface area contributed by atoms with Crippen molar-refractivity contribution in [3.05, 3.63) is 47.1 Å². The number of imidazole rings is 1. The van der Waals surface area contributed by atoms with Crippen LogP contribution in [0, 0.1) is 6.92 Å². The lowest BCUT2D eigenvalue weighted by Gasteiger charge is -2.06. The lowest BCUT2D eigenvalue weighted by atomic mass is 10.1. The van der Waals surface area contributed by atoms with Crippen LogP contribution in [0.3, 0.4) is 0 Å². The third-order valence-corrected chi connectivity index (χ3v) is 4.17. The normalized spacial score (nSPS) is 11.0. The minimum Gasteiger partial charge on any atom is -0.375 e. The van der Waals surface area contributed by atoms with Crippen molar-refractivity contribution in [2.75, 3.05) is 13.7 Å². The number of benzene rings is 1. The Morgan fingerprint density at radius 1 is 1.41 bits per heavy atom. The summed E-state index contributed by atoms with van der Waals surface area (Å²) in [6.45, 7) is 2.63. The van der Waals surface area contributed by atoms with Gasteiger partial charge in [0.2, 0.25) is 5.91 Å². The van der Waals surface area contributed by atoms with Crippen LogP contribution in [-0.2, 0) is 16.1 Å². The number of nitrogens with zero attached hydrogens (tertiary/aromatic N) is 2. The van der Waals surface area contributed by atoms with Crippen LogP contribution in [0.1, 0.15) is 10.4 Å². The van der Waals surface area contributed by atoms with E-state index in [0.29, 0.717) is 6.54 Å². The number of carbonyl (C=O) groups excluding carboxylic acids is 1. The van der Waals surface area contributed by atoms with Crippen molar-refractivity contribution in [2.24, 2.45) is 0 Å². The summed E-state index contributed by atoms with van der Waals surface area (Å²) in [5, 5.41) is 2.82. The van der Waals surface area contributed by atoms with Gasteiger partial charge in [-0.2, -0.15) is 0 Å². The van der Waals surface area contributed by atoms with Crippen LogP contribution in [0.4, 0.5) is 0 Å². The molecule has 114 valence electrons. The van der Waals surface area contributed by atoms with Crippen molar-refractivity contribution in [2.45, 2.75) is 13.5 Å². The molecule has 0 bridgehead atoms. The molecule has 0 aliphatic rings. The molecule has 2 heterocycles. The highest BCUT2D eigenvalue weighted by atomic mass is 32.1. The zero-order valence-corrected chi connectivity index (χ0v) is 13.3. The van der Waals surface area contributed by atoms with Gasteiger partial charge in [-0.25, -0.2) is 4.98 Å². The Morgan fingerprint density at radius 2 is 2.27 bits per heavy atom. The minimum atomic E-state index is -0.120. The summed E-state index contributed by atoms with van der Waals surface area (Å²) < 4.78 is 6.84. The quantitative estimate of drug-likeness (QED) is 0.787. The van der Waals surface area contributed by atoms with Gasteiger partial charge in [0.25, 0.3) is 0 Å². The maximum Gasteiger partial charge on any atom is 0.246 e. The van der Waals surface area contributed by atoms with E-state index in [9.17, 15) is 4.79 Å². The topological polar surface area (TPSA) is 55.6 Å². The van der Waals surface area contributed by atoms with Gasteiger partial charge in [0, 0.05) is 36.5 Å². The molecule has 0 saturated carbocycles. The monoisotopic (exact) mass is 315 g/mol. The second kappa shape index (κ2) is 6.29. The van der Waals surface area contributed by atoms with Gasteiger partial charge in [0.15, 0.2) is 4.96 Å². The number of thiazole rings is 1. The SMILES string of the molecule is COCC(=O)NCc1cccc(-c2cn3cc(C)sc3n2)c1. The Kier molecular flexibility index (Phi) is 4.22. The third-order valence-electron chi connectivity index (χ3n) is 3.26. The number of carbonyl (C=O) groups is 1. The number of rotatable bonds is 5. The van der Waals surface area contributed by atoms with E-state index in [2.05, 4.69) is 23.4 Å². The van der Waals surface area contributed by atoms with E-state index in [-0.39, 0.29) is 12.5 Å². The number of methoxy groups -OCH3 is 1. The fourth-order valence-electron chi connectivity index (χ4n) is 2.27. The van der Waals surface area contributed by atoms with E-state index in [1.54, 1.807) is 11.3 Å². The molecule has 22 heavy (non-hydrogen) atoms. The fourth-order valence-corrected chi connectivity index (χ4v) is 3.08.